The molecule has 0 bridgehead atoms. The van der Waals surface area contributed by atoms with Gasteiger partial charge in [0.2, 0.25) is 0 Å². The zero-order valence-electron chi connectivity index (χ0n) is 15.1. The number of pyridine rings is 1. The van der Waals surface area contributed by atoms with Gasteiger partial charge in [-0.2, -0.15) is 5.10 Å². The van der Waals surface area contributed by atoms with E-state index in [0.29, 0.717) is 5.56 Å². The second kappa shape index (κ2) is 5.69. The number of aromatic nitrogens is 3. The number of benzene rings is 1. The Morgan fingerprint density at radius 2 is 2.04 bits per heavy atom. The van der Waals surface area contributed by atoms with Crippen LogP contribution in [0.15, 0.2) is 30.3 Å². The zero-order chi connectivity index (χ0) is 17.7. The third kappa shape index (κ3) is 2.42. The molecule has 1 aromatic carbocycles. The summed E-state index contributed by atoms with van der Waals surface area (Å²) in [6.07, 6.45) is 2.00. The molecule has 1 atom stereocenters. The molecule has 0 fully saturated rings. The second-order valence-corrected chi connectivity index (χ2v) is 6.89. The maximum absolute atomic E-state index is 13.3. The number of hydrogen-bond donors (Lipinski definition) is 0. The summed E-state index contributed by atoms with van der Waals surface area (Å²) >= 11 is 0. The molecule has 0 radical (unpaired) electrons. The van der Waals surface area contributed by atoms with E-state index in [1.807, 2.05) is 38.9 Å². The van der Waals surface area contributed by atoms with Crippen LogP contribution in [0.1, 0.15) is 45.3 Å². The quantitative estimate of drug-likeness (QED) is 0.722. The first-order chi connectivity index (χ1) is 12.0. The largest absolute Gasteiger partial charge is 0.335 e. The lowest BCUT2D eigenvalue weighted by molar-refractivity contribution is 0.0732. The van der Waals surface area contributed by atoms with E-state index in [0.717, 1.165) is 35.3 Å². The van der Waals surface area contributed by atoms with E-state index in [9.17, 15) is 4.79 Å². The molecule has 0 N–H and O–H groups in total. The molecule has 0 saturated heterocycles. The Balaban J connectivity index is 1.78. The Morgan fingerprint density at radius 1 is 1.28 bits per heavy atom. The van der Waals surface area contributed by atoms with Gasteiger partial charge in [0.1, 0.15) is 0 Å². The maximum Gasteiger partial charge on any atom is 0.254 e. The smallest absolute Gasteiger partial charge is 0.254 e. The fraction of sp³-hybridized carbons (Fsp3) is 0.350. The van der Waals surface area contributed by atoms with Crippen molar-refractivity contribution in [3.8, 4) is 0 Å². The molecule has 0 spiro atoms. The topological polar surface area (TPSA) is 51.0 Å². The minimum absolute atomic E-state index is 0.0355. The van der Waals surface area contributed by atoms with Crippen LogP contribution in [0, 0.1) is 13.8 Å². The first kappa shape index (κ1) is 15.8. The van der Waals surface area contributed by atoms with Crippen LogP contribution in [0.4, 0.5) is 0 Å². The summed E-state index contributed by atoms with van der Waals surface area (Å²) in [6, 6.07) is 10.4. The fourth-order valence-corrected chi connectivity index (χ4v) is 4.01. The monoisotopic (exact) mass is 334 g/mol. The van der Waals surface area contributed by atoms with Crippen LogP contribution < -0.4 is 0 Å². The summed E-state index contributed by atoms with van der Waals surface area (Å²) in [5.74, 6) is 0.0355. The predicted molar refractivity (Wildman–Crippen MR) is 97.6 cm³/mol. The Hall–Kier alpha value is -2.69. The molecule has 1 unspecified atom stereocenters. The van der Waals surface area contributed by atoms with Crippen LogP contribution in [-0.2, 0) is 13.5 Å². The molecule has 4 rings (SSSR count). The fourth-order valence-electron chi connectivity index (χ4n) is 4.01. The highest BCUT2D eigenvalue weighted by Crippen LogP contribution is 2.36. The van der Waals surface area contributed by atoms with Crippen LogP contribution >= 0.6 is 0 Å². The molecule has 128 valence electrons. The number of carbonyl (C=O) groups excluding carboxylic acids is 1. The van der Waals surface area contributed by atoms with Crippen molar-refractivity contribution in [2.75, 3.05) is 7.05 Å². The Morgan fingerprint density at radius 3 is 2.84 bits per heavy atom. The van der Waals surface area contributed by atoms with Crippen LogP contribution in [0.3, 0.4) is 0 Å². The van der Waals surface area contributed by atoms with E-state index >= 15 is 0 Å². The van der Waals surface area contributed by atoms with Crippen molar-refractivity contribution in [1.82, 2.24) is 19.7 Å². The molecule has 0 aliphatic heterocycles. The van der Waals surface area contributed by atoms with Gasteiger partial charge in [0.25, 0.3) is 5.91 Å². The summed E-state index contributed by atoms with van der Waals surface area (Å²) in [7, 11) is 3.77. The third-order valence-electron chi connectivity index (χ3n) is 5.22. The number of amides is 1. The van der Waals surface area contributed by atoms with Gasteiger partial charge in [0, 0.05) is 19.8 Å². The number of fused-ring (bicyclic) bond motifs is 2. The van der Waals surface area contributed by atoms with Crippen molar-refractivity contribution in [3.63, 3.8) is 0 Å². The van der Waals surface area contributed by atoms with Crippen molar-refractivity contribution in [2.45, 2.75) is 32.7 Å². The van der Waals surface area contributed by atoms with Crippen LogP contribution in [0.5, 0.6) is 0 Å². The molecule has 1 aliphatic rings. The summed E-state index contributed by atoms with van der Waals surface area (Å²) in [5, 5.41) is 5.31. The standard InChI is InChI=1S/C20H22N4O/c1-12-11-16(18-13(2)22-24(4)19(18)21-12)20(25)23(3)17-10-9-14-7-5-6-8-15(14)17/h5-8,11,17H,9-10H2,1-4H3. The Bertz CT molecular complexity index is 989. The van der Waals surface area contributed by atoms with Gasteiger partial charge in [-0.3, -0.25) is 9.48 Å². The third-order valence-corrected chi connectivity index (χ3v) is 5.22. The van der Waals surface area contributed by atoms with E-state index in [-0.39, 0.29) is 11.9 Å². The van der Waals surface area contributed by atoms with Crippen molar-refractivity contribution in [3.05, 3.63) is 58.4 Å². The van der Waals surface area contributed by atoms with Gasteiger partial charge >= 0.3 is 0 Å². The highest BCUT2D eigenvalue weighted by atomic mass is 16.2. The minimum Gasteiger partial charge on any atom is -0.335 e. The van der Waals surface area contributed by atoms with Gasteiger partial charge < -0.3 is 4.90 Å². The van der Waals surface area contributed by atoms with Gasteiger partial charge in [0.15, 0.2) is 5.65 Å². The van der Waals surface area contributed by atoms with Crippen molar-refractivity contribution in [1.29, 1.82) is 0 Å². The number of aryl methyl sites for hydroxylation is 4. The molecule has 5 heteroatoms. The molecule has 1 amide bonds. The second-order valence-electron chi connectivity index (χ2n) is 6.89. The average molecular weight is 334 g/mol. The van der Waals surface area contributed by atoms with Crippen LogP contribution in [-0.4, -0.2) is 32.6 Å². The molecule has 25 heavy (non-hydrogen) atoms. The normalized spacial score (nSPS) is 16.2. The minimum atomic E-state index is 0.0355. The number of hydrogen-bond acceptors (Lipinski definition) is 3. The Labute approximate surface area is 147 Å². The molecule has 1 aliphatic carbocycles. The summed E-state index contributed by atoms with van der Waals surface area (Å²) in [6.45, 7) is 3.85. The SMILES string of the molecule is Cc1cc(C(=O)N(C)C2CCc3ccccc32)c2c(C)nn(C)c2n1. The molecule has 2 aromatic heterocycles. The lowest BCUT2D eigenvalue weighted by Gasteiger charge is -2.26. The number of nitrogens with zero attached hydrogens (tertiary/aromatic N) is 4. The van der Waals surface area contributed by atoms with E-state index in [2.05, 4.69) is 34.3 Å². The molecule has 5 nitrogen and oxygen atoms in total. The van der Waals surface area contributed by atoms with Gasteiger partial charge in [-0.05, 0) is 43.9 Å². The summed E-state index contributed by atoms with van der Waals surface area (Å²) in [4.78, 5) is 19.8. The van der Waals surface area contributed by atoms with Gasteiger partial charge in [-0.1, -0.05) is 24.3 Å². The van der Waals surface area contributed by atoms with Crippen molar-refractivity contribution < 1.29 is 4.79 Å². The molecule has 0 saturated carbocycles. The van der Waals surface area contributed by atoms with Gasteiger partial charge in [-0.15, -0.1) is 0 Å². The Kier molecular flexibility index (Phi) is 3.60. The summed E-state index contributed by atoms with van der Waals surface area (Å²) in [5.41, 5.74) is 5.75. The average Bonchev–Trinajstić information content (AvgIpc) is 3.14. The summed E-state index contributed by atoms with van der Waals surface area (Å²) < 4.78 is 1.75. The first-order valence-electron chi connectivity index (χ1n) is 8.63. The molecular weight excluding hydrogens is 312 g/mol. The number of rotatable bonds is 2. The van der Waals surface area contributed by atoms with E-state index < -0.39 is 0 Å². The van der Waals surface area contributed by atoms with Crippen molar-refractivity contribution in [2.24, 2.45) is 7.05 Å². The van der Waals surface area contributed by atoms with E-state index in [1.165, 1.54) is 11.1 Å². The maximum atomic E-state index is 13.3. The van der Waals surface area contributed by atoms with Gasteiger partial charge in [0.05, 0.1) is 22.7 Å². The first-order valence-corrected chi connectivity index (χ1v) is 8.63. The van der Waals surface area contributed by atoms with Crippen LogP contribution in [0.2, 0.25) is 0 Å². The predicted octanol–water partition coefficient (Wildman–Crippen LogP) is 3.34. The molecule has 2 heterocycles. The van der Waals surface area contributed by atoms with E-state index in [1.54, 1.807) is 4.68 Å². The molecular formula is C20H22N4O. The van der Waals surface area contributed by atoms with Gasteiger partial charge in [-0.25, -0.2) is 4.98 Å². The van der Waals surface area contributed by atoms with Crippen molar-refractivity contribution >= 4 is 16.9 Å². The lowest BCUT2D eigenvalue weighted by Crippen LogP contribution is -2.30. The van der Waals surface area contributed by atoms with E-state index in [4.69, 9.17) is 0 Å². The number of carbonyl (C=O) groups is 1. The highest BCUT2D eigenvalue weighted by molar-refractivity contribution is 6.06. The molecule has 3 aromatic rings. The van der Waals surface area contributed by atoms with Crippen LogP contribution in [0.25, 0.3) is 11.0 Å². The highest BCUT2D eigenvalue weighted by Gasteiger charge is 2.30. The lowest BCUT2D eigenvalue weighted by atomic mass is 10.0. The zero-order valence-corrected chi connectivity index (χ0v) is 15.1.